The second-order valence-corrected chi connectivity index (χ2v) is 8.56. The van der Waals surface area contributed by atoms with Gasteiger partial charge in [0.2, 0.25) is 0 Å². The Morgan fingerprint density at radius 3 is 2.14 bits per heavy atom. The Kier molecular flexibility index (Phi) is 5.68. The summed E-state index contributed by atoms with van der Waals surface area (Å²) in [5.41, 5.74) is 1.98. The molecule has 0 heterocycles. The van der Waals surface area contributed by atoms with Gasteiger partial charge in [-0.1, -0.05) is 48.0 Å². The van der Waals surface area contributed by atoms with Crippen LogP contribution in [0.3, 0.4) is 0 Å². The maximum atomic E-state index is 12.7. The topological polar surface area (TPSA) is 37.4 Å². The van der Waals surface area contributed by atoms with Gasteiger partial charge in [-0.2, -0.15) is 0 Å². The van der Waals surface area contributed by atoms with Crippen LogP contribution in [0.4, 0.5) is 0 Å². The van der Waals surface area contributed by atoms with Crippen LogP contribution >= 0.6 is 38.5 Å². The van der Waals surface area contributed by atoms with E-state index in [-0.39, 0.29) is 4.90 Å². The average Bonchev–Trinajstić information content (AvgIpc) is 2.54. The van der Waals surface area contributed by atoms with E-state index in [0.29, 0.717) is 4.61 Å². The van der Waals surface area contributed by atoms with Crippen LogP contribution in [-0.4, -0.2) is 19.8 Å². The molecule has 0 radical (unpaired) electrons. The summed E-state index contributed by atoms with van der Waals surface area (Å²) in [7, 11) is -2.04. The van der Waals surface area contributed by atoms with E-state index in [1.54, 1.807) is 31.3 Å². The zero-order valence-corrected chi connectivity index (χ0v) is 16.7. The molecule has 0 aliphatic rings. The van der Waals surface area contributed by atoms with Gasteiger partial charge >= 0.3 is 0 Å². The molecule has 2 aromatic carbocycles. The first kappa shape index (κ1) is 17.5. The number of hydrogen-bond donors (Lipinski definition) is 0. The van der Waals surface area contributed by atoms with Gasteiger partial charge in [0.15, 0.2) is 0 Å². The Bertz CT molecular complexity index is 787. The second-order valence-electron chi connectivity index (χ2n) is 4.76. The number of benzene rings is 2. The van der Waals surface area contributed by atoms with Gasteiger partial charge in [-0.25, -0.2) is 8.42 Å². The van der Waals surface area contributed by atoms with E-state index in [4.69, 9.17) is 0 Å². The zero-order chi connectivity index (χ0) is 16.3. The van der Waals surface area contributed by atoms with Crippen molar-refractivity contribution in [1.29, 1.82) is 0 Å². The highest BCUT2D eigenvalue weighted by molar-refractivity contribution is 14.1. The van der Waals surface area contributed by atoms with E-state index in [0.717, 1.165) is 14.7 Å². The molecule has 2 aromatic rings. The summed E-state index contributed by atoms with van der Waals surface area (Å²) in [4.78, 5) is 0.273. The Morgan fingerprint density at radius 2 is 1.59 bits per heavy atom. The fourth-order valence-electron chi connectivity index (χ4n) is 1.82. The third-order valence-electron chi connectivity index (χ3n) is 3.16. The summed E-state index contributed by atoms with van der Waals surface area (Å²) in [5.74, 6) is 0. The van der Waals surface area contributed by atoms with Gasteiger partial charge in [-0.15, -0.1) is 0 Å². The third-order valence-corrected chi connectivity index (χ3v) is 7.97. The molecule has 3 nitrogen and oxygen atoms in total. The predicted molar refractivity (Wildman–Crippen MR) is 102 cm³/mol. The highest BCUT2D eigenvalue weighted by atomic mass is 127. The number of nitrogens with zero attached hydrogens (tertiary/aromatic N) is 1. The largest absolute Gasteiger partial charge is 0.264 e. The summed E-state index contributed by atoms with van der Waals surface area (Å²) < 4.78 is 28.0. The van der Waals surface area contributed by atoms with Crippen molar-refractivity contribution in [2.75, 3.05) is 7.05 Å². The fourth-order valence-corrected chi connectivity index (χ4v) is 4.60. The molecule has 0 aliphatic carbocycles. The molecule has 0 fully saturated rings. The maximum absolute atomic E-state index is 12.7. The number of hydrogen-bond acceptors (Lipinski definition) is 2. The van der Waals surface area contributed by atoms with Crippen molar-refractivity contribution in [3.05, 3.63) is 70.3 Å². The molecule has 0 atom stereocenters. The Labute approximate surface area is 153 Å². The van der Waals surface area contributed by atoms with Crippen LogP contribution in [0, 0.1) is 6.92 Å². The molecule has 0 aliphatic heterocycles. The molecule has 0 unspecified atom stereocenters. The SMILES string of the molecule is Cc1ccc(S(=O)(=O)N(C)/C(Br)=C(\I)c2ccccc2)cc1. The quantitative estimate of drug-likeness (QED) is 0.456. The van der Waals surface area contributed by atoms with Crippen LogP contribution in [0.2, 0.25) is 0 Å². The first-order valence-corrected chi connectivity index (χ1v) is 9.81. The van der Waals surface area contributed by atoms with Gasteiger partial charge in [-0.05, 0) is 63.1 Å². The molecule has 0 bridgehead atoms. The minimum atomic E-state index is -3.58. The van der Waals surface area contributed by atoms with Crippen LogP contribution in [-0.2, 0) is 10.0 Å². The van der Waals surface area contributed by atoms with Crippen LogP contribution in [0.25, 0.3) is 3.58 Å². The number of halogens is 2. The van der Waals surface area contributed by atoms with Crippen LogP contribution in [0.5, 0.6) is 0 Å². The lowest BCUT2D eigenvalue weighted by molar-refractivity contribution is 0.537. The lowest BCUT2D eigenvalue weighted by Crippen LogP contribution is -2.24. The minimum Gasteiger partial charge on any atom is -0.262 e. The van der Waals surface area contributed by atoms with E-state index in [9.17, 15) is 8.42 Å². The summed E-state index contributed by atoms with van der Waals surface area (Å²) in [5, 5.41) is 0. The Balaban J connectivity index is 2.41. The molecule has 0 saturated carbocycles. The minimum absolute atomic E-state index is 0.273. The molecule has 22 heavy (non-hydrogen) atoms. The van der Waals surface area contributed by atoms with Gasteiger partial charge in [-0.3, -0.25) is 4.31 Å². The van der Waals surface area contributed by atoms with Gasteiger partial charge in [0.25, 0.3) is 10.0 Å². The summed E-state index contributed by atoms with van der Waals surface area (Å²) in [6, 6.07) is 16.5. The van der Waals surface area contributed by atoms with Crippen molar-refractivity contribution in [3.63, 3.8) is 0 Å². The van der Waals surface area contributed by atoms with Crippen molar-refractivity contribution in [2.45, 2.75) is 11.8 Å². The monoisotopic (exact) mass is 491 g/mol. The lowest BCUT2D eigenvalue weighted by atomic mass is 10.2. The second kappa shape index (κ2) is 7.14. The van der Waals surface area contributed by atoms with Gasteiger partial charge in [0.05, 0.1) is 8.48 Å². The van der Waals surface area contributed by atoms with Crippen molar-refractivity contribution in [1.82, 2.24) is 4.31 Å². The van der Waals surface area contributed by atoms with E-state index < -0.39 is 10.0 Å². The summed E-state index contributed by atoms with van der Waals surface area (Å²) in [6.07, 6.45) is 0. The number of sulfonamides is 1. The number of aryl methyl sites for hydroxylation is 1. The zero-order valence-electron chi connectivity index (χ0n) is 12.1. The highest BCUT2D eigenvalue weighted by Crippen LogP contribution is 2.33. The molecule has 0 saturated heterocycles. The molecular formula is C16H15BrINO2S. The molecule has 6 heteroatoms. The molecule has 116 valence electrons. The summed E-state index contributed by atoms with van der Waals surface area (Å²) >= 11 is 5.55. The van der Waals surface area contributed by atoms with Gasteiger partial charge in [0.1, 0.15) is 4.61 Å². The fraction of sp³-hybridized carbons (Fsp3) is 0.125. The predicted octanol–water partition coefficient (Wildman–Crippen LogP) is 4.77. The van der Waals surface area contributed by atoms with Crippen molar-refractivity contribution >= 4 is 52.1 Å². The van der Waals surface area contributed by atoms with Gasteiger partial charge < -0.3 is 0 Å². The lowest BCUT2D eigenvalue weighted by Gasteiger charge is -2.20. The molecule has 0 spiro atoms. The van der Waals surface area contributed by atoms with E-state index >= 15 is 0 Å². The smallest absolute Gasteiger partial charge is 0.262 e. The van der Waals surface area contributed by atoms with E-state index in [1.807, 2.05) is 37.3 Å². The third kappa shape index (κ3) is 3.72. The normalized spacial score (nSPS) is 12.7. The molecule has 0 amide bonds. The van der Waals surface area contributed by atoms with E-state index in [2.05, 4.69) is 38.5 Å². The van der Waals surface area contributed by atoms with Crippen LogP contribution in [0.15, 0.2) is 64.1 Å². The van der Waals surface area contributed by atoms with Crippen molar-refractivity contribution in [2.24, 2.45) is 0 Å². The van der Waals surface area contributed by atoms with Gasteiger partial charge in [0, 0.05) is 7.05 Å². The summed E-state index contributed by atoms with van der Waals surface area (Å²) in [6.45, 7) is 1.92. The van der Waals surface area contributed by atoms with Crippen molar-refractivity contribution in [3.8, 4) is 0 Å². The van der Waals surface area contributed by atoms with Crippen LogP contribution in [0.1, 0.15) is 11.1 Å². The first-order valence-electron chi connectivity index (χ1n) is 6.50. The molecule has 2 rings (SSSR count). The van der Waals surface area contributed by atoms with E-state index in [1.165, 1.54) is 4.31 Å². The standard InChI is InChI=1S/C16H15BrINO2S/c1-12-8-10-14(11-9-12)22(20,21)19(2)16(17)15(18)13-6-4-3-5-7-13/h3-11H,1-2H3/b16-15-. The first-order chi connectivity index (χ1) is 10.3. The number of rotatable bonds is 4. The van der Waals surface area contributed by atoms with Crippen LogP contribution < -0.4 is 0 Å². The Hall–Kier alpha value is -0.860. The Morgan fingerprint density at radius 1 is 1.05 bits per heavy atom. The highest BCUT2D eigenvalue weighted by Gasteiger charge is 2.23. The average molecular weight is 492 g/mol. The molecule has 0 aromatic heterocycles. The molecular weight excluding hydrogens is 477 g/mol. The van der Waals surface area contributed by atoms with Crippen molar-refractivity contribution < 1.29 is 8.42 Å². The molecule has 0 N–H and O–H groups in total. The maximum Gasteiger partial charge on any atom is 0.264 e.